The van der Waals surface area contributed by atoms with Crippen LogP contribution in [0.3, 0.4) is 0 Å². The standard InChI is InChI=1S/C13H24N2O3Si/c1-6-11(16)14-8-10(9-15-12(17)7-2)18-19-13(3,4)5/h6-7,10H,1-2,8-9,19H2,3-5H3,(H,14,16)(H,15,17). The Kier molecular flexibility index (Phi) is 8.02. The molecule has 0 saturated heterocycles. The first-order valence-electron chi connectivity index (χ1n) is 6.20. The largest absolute Gasteiger partial charge is 0.417 e. The summed E-state index contributed by atoms with van der Waals surface area (Å²) in [6.45, 7) is 13.8. The van der Waals surface area contributed by atoms with E-state index in [9.17, 15) is 9.59 Å². The number of carbonyl (C=O) groups is 2. The van der Waals surface area contributed by atoms with Crippen LogP contribution in [-0.4, -0.2) is 40.8 Å². The molecule has 0 aromatic heterocycles. The average Bonchev–Trinajstić information content (AvgIpc) is 2.35. The minimum atomic E-state index is -0.754. The fourth-order valence-electron chi connectivity index (χ4n) is 1.13. The van der Waals surface area contributed by atoms with Crippen molar-refractivity contribution in [1.82, 2.24) is 10.6 Å². The Hall–Kier alpha value is -1.40. The molecule has 0 spiro atoms. The molecule has 0 aliphatic rings. The van der Waals surface area contributed by atoms with Crippen molar-refractivity contribution >= 4 is 21.6 Å². The van der Waals surface area contributed by atoms with Crippen molar-refractivity contribution in [2.75, 3.05) is 13.1 Å². The summed E-state index contributed by atoms with van der Waals surface area (Å²) in [7, 11) is -0.754. The molecule has 0 radical (unpaired) electrons. The molecule has 0 aliphatic heterocycles. The lowest BCUT2D eigenvalue weighted by Crippen LogP contribution is -2.42. The van der Waals surface area contributed by atoms with Gasteiger partial charge in [0, 0.05) is 13.1 Å². The van der Waals surface area contributed by atoms with Crippen molar-refractivity contribution in [3.63, 3.8) is 0 Å². The van der Waals surface area contributed by atoms with E-state index in [1.54, 1.807) is 0 Å². The summed E-state index contributed by atoms with van der Waals surface area (Å²) in [5, 5.41) is 5.50. The molecule has 0 atom stereocenters. The Morgan fingerprint density at radius 2 is 1.58 bits per heavy atom. The zero-order chi connectivity index (χ0) is 14.9. The molecular formula is C13H24N2O3Si. The minimum Gasteiger partial charge on any atom is -0.417 e. The SMILES string of the molecule is C=CC(=O)NCC(CNC(=O)C=C)O[SiH2]C(C)(C)C. The molecule has 2 N–H and O–H groups in total. The molecule has 5 nitrogen and oxygen atoms in total. The van der Waals surface area contributed by atoms with Gasteiger partial charge in [-0.15, -0.1) is 0 Å². The summed E-state index contributed by atoms with van der Waals surface area (Å²) in [4.78, 5) is 22.3. The first-order valence-corrected chi connectivity index (χ1v) is 7.49. The second kappa shape index (κ2) is 8.66. The predicted octanol–water partition coefficient (Wildman–Crippen LogP) is 0.278. The molecular weight excluding hydrogens is 260 g/mol. The highest BCUT2D eigenvalue weighted by Crippen LogP contribution is 2.20. The van der Waals surface area contributed by atoms with E-state index in [0.29, 0.717) is 13.1 Å². The van der Waals surface area contributed by atoms with Gasteiger partial charge in [-0.2, -0.15) is 0 Å². The number of carbonyl (C=O) groups excluding carboxylic acids is 2. The highest BCUT2D eigenvalue weighted by atomic mass is 28.2. The predicted molar refractivity (Wildman–Crippen MR) is 79.5 cm³/mol. The fourth-order valence-corrected chi connectivity index (χ4v) is 2.10. The van der Waals surface area contributed by atoms with E-state index in [0.717, 1.165) is 0 Å². The molecule has 0 heterocycles. The Balaban J connectivity index is 4.28. The van der Waals surface area contributed by atoms with Crippen molar-refractivity contribution in [1.29, 1.82) is 0 Å². The van der Waals surface area contributed by atoms with Gasteiger partial charge in [0.25, 0.3) is 0 Å². The molecule has 0 aromatic carbocycles. The first kappa shape index (κ1) is 17.6. The summed E-state index contributed by atoms with van der Waals surface area (Å²) in [6.07, 6.45) is 2.19. The van der Waals surface area contributed by atoms with Gasteiger partial charge in [-0.25, -0.2) is 0 Å². The molecule has 0 bridgehead atoms. The normalized spacial score (nSPS) is 11.6. The number of nitrogens with one attached hydrogen (secondary N) is 2. The number of hydrogen-bond donors (Lipinski definition) is 2. The molecule has 2 amide bonds. The molecule has 0 aliphatic carbocycles. The van der Waals surface area contributed by atoms with Crippen molar-refractivity contribution in [3.05, 3.63) is 25.3 Å². The zero-order valence-electron chi connectivity index (χ0n) is 12.0. The highest BCUT2D eigenvalue weighted by molar-refractivity contribution is 6.31. The van der Waals surface area contributed by atoms with Crippen LogP contribution < -0.4 is 10.6 Å². The van der Waals surface area contributed by atoms with Crippen LogP contribution in [0.1, 0.15) is 20.8 Å². The third-order valence-electron chi connectivity index (χ3n) is 2.13. The summed E-state index contributed by atoms with van der Waals surface area (Å²) < 4.78 is 5.84. The van der Waals surface area contributed by atoms with Gasteiger partial charge in [0.05, 0.1) is 6.10 Å². The zero-order valence-corrected chi connectivity index (χ0v) is 13.4. The Morgan fingerprint density at radius 3 is 1.89 bits per heavy atom. The van der Waals surface area contributed by atoms with Crippen molar-refractivity contribution in [2.45, 2.75) is 31.9 Å². The van der Waals surface area contributed by atoms with E-state index in [2.05, 4.69) is 44.6 Å². The van der Waals surface area contributed by atoms with Crippen molar-refractivity contribution < 1.29 is 14.0 Å². The van der Waals surface area contributed by atoms with Crippen LogP contribution in [0.2, 0.25) is 5.04 Å². The van der Waals surface area contributed by atoms with Gasteiger partial charge in [0.1, 0.15) is 0 Å². The van der Waals surface area contributed by atoms with E-state index in [1.807, 2.05) is 0 Å². The Morgan fingerprint density at radius 1 is 1.16 bits per heavy atom. The summed E-state index contributed by atoms with van der Waals surface area (Å²) >= 11 is 0. The lowest BCUT2D eigenvalue weighted by Gasteiger charge is -2.24. The van der Waals surface area contributed by atoms with Gasteiger partial charge >= 0.3 is 0 Å². The molecule has 0 saturated carbocycles. The van der Waals surface area contributed by atoms with E-state index < -0.39 is 9.76 Å². The maximum atomic E-state index is 11.1. The van der Waals surface area contributed by atoms with Crippen LogP contribution in [0.25, 0.3) is 0 Å². The van der Waals surface area contributed by atoms with E-state index in [4.69, 9.17) is 4.43 Å². The van der Waals surface area contributed by atoms with E-state index in [-0.39, 0.29) is 23.0 Å². The van der Waals surface area contributed by atoms with Gasteiger partial charge in [-0.3, -0.25) is 9.59 Å². The second-order valence-electron chi connectivity index (χ2n) is 5.39. The maximum Gasteiger partial charge on any atom is 0.243 e. The van der Waals surface area contributed by atoms with Crippen LogP contribution in [0, 0.1) is 0 Å². The molecule has 0 aromatic rings. The molecule has 0 rings (SSSR count). The number of rotatable bonds is 8. The van der Waals surface area contributed by atoms with E-state index in [1.165, 1.54) is 12.2 Å². The third kappa shape index (κ3) is 10.2. The van der Waals surface area contributed by atoms with Gasteiger partial charge in [-0.1, -0.05) is 33.9 Å². The topological polar surface area (TPSA) is 67.4 Å². The van der Waals surface area contributed by atoms with Crippen molar-refractivity contribution in [2.24, 2.45) is 0 Å². The lowest BCUT2D eigenvalue weighted by molar-refractivity contribution is -0.116. The van der Waals surface area contributed by atoms with E-state index >= 15 is 0 Å². The van der Waals surface area contributed by atoms with Crippen LogP contribution in [0.4, 0.5) is 0 Å². The van der Waals surface area contributed by atoms with Crippen molar-refractivity contribution in [3.8, 4) is 0 Å². The number of hydrogen-bond acceptors (Lipinski definition) is 3. The Bertz CT molecular complexity index is 313. The second-order valence-corrected chi connectivity index (χ2v) is 8.14. The monoisotopic (exact) mass is 284 g/mol. The molecule has 108 valence electrons. The first-order chi connectivity index (χ1) is 8.78. The summed E-state index contributed by atoms with van der Waals surface area (Å²) in [5.41, 5.74) is 0. The van der Waals surface area contributed by atoms with Crippen LogP contribution in [0.5, 0.6) is 0 Å². The van der Waals surface area contributed by atoms with Gasteiger partial charge < -0.3 is 15.1 Å². The van der Waals surface area contributed by atoms with Gasteiger partial charge in [0.2, 0.25) is 11.8 Å². The summed E-state index contributed by atoms with van der Waals surface area (Å²) in [5.74, 6) is -0.498. The smallest absolute Gasteiger partial charge is 0.243 e. The molecule has 19 heavy (non-hydrogen) atoms. The summed E-state index contributed by atoms with van der Waals surface area (Å²) in [6, 6.07) is 0. The quantitative estimate of drug-likeness (QED) is 0.497. The highest BCUT2D eigenvalue weighted by Gasteiger charge is 2.17. The van der Waals surface area contributed by atoms with Crippen LogP contribution >= 0.6 is 0 Å². The van der Waals surface area contributed by atoms with Crippen LogP contribution in [0.15, 0.2) is 25.3 Å². The molecule has 0 unspecified atom stereocenters. The van der Waals surface area contributed by atoms with Gasteiger partial charge in [-0.05, 0) is 17.2 Å². The van der Waals surface area contributed by atoms with Gasteiger partial charge in [0.15, 0.2) is 9.76 Å². The molecule has 6 heteroatoms. The number of amides is 2. The molecule has 0 fully saturated rings. The maximum absolute atomic E-state index is 11.1. The minimum absolute atomic E-state index is 0.156. The average molecular weight is 284 g/mol. The Labute approximate surface area is 117 Å². The fraction of sp³-hybridized carbons (Fsp3) is 0.538. The third-order valence-corrected chi connectivity index (χ3v) is 3.63. The van der Waals surface area contributed by atoms with Crippen LogP contribution in [-0.2, 0) is 14.0 Å². The lowest BCUT2D eigenvalue weighted by atomic mass is 10.3.